The number of benzene rings is 1. The Morgan fingerprint density at radius 2 is 2.27 bits per heavy atom. The third kappa shape index (κ3) is 3.91. The van der Waals surface area contributed by atoms with E-state index in [2.05, 4.69) is 20.7 Å². The van der Waals surface area contributed by atoms with Gasteiger partial charge in [0.1, 0.15) is 5.75 Å². The van der Waals surface area contributed by atoms with Gasteiger partial charge in [-0.3, -0.25) is 0 Å². The van der Waals surface area contributed by atoms with Gasteiger partial charge >= 0.3 is 5.97 Å². The monoisotopic (exact) mass is 272 g/mol. The summed E-state index contributed by atoms with van der Waals surface area (Å²) in [6, 6.07) is 6.97. The standard InChI is InChI=1S/C11H13BrO3/c1-14-11(13)9-4-2-5-10(8-9)15-7-3-6-12/h2,4-5,8H,3,6-7H2,1H3. The van der Waals surface area contributed by atoms with Crippen LogP contribution < -0.4 is 4.74 Å². The molecule has 1 aromatic rings. The van der Waals surface area contributed by atoms with Gasteiger partial charge < -0.3 is 9.47 Å². The van der Waals surface area contributed by atoms with Gasteiger partial charge in [0.2, 0.25) is 0 Å². The summed E-state index contributed by atoms with van der Waals surface area (Å²) in [5.74, 6) is 0.347. The quantitative estimate of drug-likeness (QED) is 0.470. The highest BCUT2D eigenvalue weighted by molar-refractivity contribution is 9.09. The summed E-state index contributed by atoms with van der Waals surface area (Å²) in [6.07, 6.45) is 0.933. The zero-order chi connectivity index (χ0) is 11.1. The molecule has 0 spiro atoms. The minimum absolute atomic E-state index is 0.346. The lowest BCUT2D eigenvalue weighted by Gasteiger charge is -2.06. The second-order valence-electron chi connectivity index (χ2n) is 2.91. The van der Waals surface area contributed by atoms with E-state index in [0.29, 0.717) is 17.9 Å². The topological polar surface area (TPSA) is 35.5 Å². The Bertz CT molecular complexity index is 325. The molecule has 0 aliphatic rings. The van der Waals surface area contributed by atoms with E-state index in [-0.39, 0.29) is 5.97 Å². The first-order valence-electron chi connectivity index (χ1n) is 4.65. The minimum atomic E-state index is -0.346. The third-order valence-electron chi connectivity index (χ3n) is 1.80. The first-order valence-corrected chi connectivity index (χ1v) is 5.77. The van der Waals surface area contributed by atoms with Crippen molar-refractivity contribution in [3.8, 4) is 5.75 Å². The summed E-state index contributed by atoms with van der Waals surface area (Å²) in [4.78, 5) is 11.2. The number of rotatable bonds is 5. The number of ether oxygens (including phenoxy) is 2. The highest BCUT2D eigenvalue weighted by atomic mass is 79.9. The van der Waals surface area contributed by atoms with Crippen LogP contribution in [0.15, 0.2) is 24.3 Å². The highest BCUT2D eigenvalue weighted by Gasteiger charge is 2.05. The van der Waals surface area contributed by atoms with Crippen molar-refractivity contribution in [2.75, 3.05) is 19.0 Å². The highest BCUT2D eigenvalue weighted by Crippen LogP contribution is 2.14. The molecule has 3 nitrogen and oxygen atoms in total. The summed E-state index contributed by atoms with van der Waals surface area (Å²) in [7, 11) is 1.36. The number of halogens is 1. The molecule has 4 heteroatoms. The molecule has 0 bridgehead atoms. The van der Waals surface area contributed by atoms with Gasteiger partial charge in [-0.1, -0.05) is 22.0 Å². The molecule has 0 saturated carbocycles. The van der Waals surface area contributed by atoms with Crippen molar-refractivity contribution >= 4 is 21.9 Å². The Hall–Kier alpha value is -1.03. The van der Waals surface area contributed by atoms with Crippen molar-refractivity contribution in [1.29, 1.82) is 0 Å². The van der Waals surface area contributed by atoms with E-state index in [1.54, 1.807) is 18.2 Å². The number of hydrogen-bond acceptors (Lipinski definition) is 3. The normalized spacial score (nSPS) is 9.73. The number of alkyl halides is 1. The SMILES string of the molecule is COC(=O)c1cccc(OCCCBr)c1. The molecule has 0 saturated heterocycles. The summed E-state index contributed by atoms with van der Waals surface area (Å²) >= 11 is 3.32. The van der Waals surface area contributed by atoms with Crippen LogP contribution in [0.2, 0.25) is 0 Å². The maximum Gasteiger partial charge on any atom is 0.337 e. The van der Waals surface area contributed by atoms with Crippen molar-refractivity contribution < 1.29 is 14.3 Å². The molecular formula is C11H13BrO3. The zero-order valence-corrected chi connectivity index (χ0v) is 10.1. The summed E-state index contributed by atoms with van der Waals surface area (Å²) in [5, 5.41) is 0.906. The van der Waals surface area contributed by atoms with Gasteiger partial charge in [0.15, 0.2) is 0 Å². The molecule has 0 unspecified atom stereocenters. The van der Waals surface area contributed by atoms with Crippen LogP contribution in [0.3, 0.4) is 0 Å². The van der Waals surface area contributed by atoms with Gasteiger partial charge in [0.05, 0.1) is 19.3 Å². The van der Waals surface area contributed by atoms with E-state index >= 15 is 0 Å². The lowest BCUT2D eigenvalue weighted by molar-refractivity contribution is 0.0600. The van der Waals surface area contributed by atoms with Crippen molar-refractivity contribution in [3.63, 3.8) is 0 Å². The van der Waals surface area contributed by atoms with Crippen molar-refractivity contribution in [3.05, 3.63) is 29.8 Å². The van der Waals surface area contributed by atoms with Gasteiger partial charge in [0.25, 0.3) is 0 Å². The van der Waals surface area contributed by atoms with E-state index in [4.69, 9.17) is 4.74 Å². The van der Waals surface area contributed by atoms with E-state index in [9.17, 15) is 4.79 Å². The Morgan fingerprint density at radius 3 is 2.93 bits per heavy atom. The number of esters is 1. The maximum atomic E-state index is 11.2. The molecule has 0 aromatic heterocycles. The predicted molar refractivity (Wildman–Crippen MR) is 61.7 cm³/mol. The fourth-order valence-corrected chi connectivity index (χ4v) is 1.30. The van der Waals surface area contributed by atoms with E-state index in [1.165, 1.54) is 7.11 Å². The van der Waals surface area contributed by atoms with Gasteiger partial charge in [0, 0.05) is 5.33 Å². The molecule has 0 heterocycles. The fourth-order valence-electron chi connectivity index (χ4n) is 1.08. The lowest BCUT2D eigenvalue weighted by Crippen LogP contribution is -2.02. The van der Waals surface area contributed by atoms with Crippen LogP contribution in [-0.2, 0) is 4.74 Å². The molecule has 0 aliphatic heterocycles. The van der Waals surface area contributed by atoms with E-state index < -0.39 is 0 Å². The lowest BCUT2D eigenvalue weighted by atomic mass is 10.2. The number of methoxy groups -OCH3 is 1. The molecule has 15 heavy (non-hydrogen) atoms. The summed E-state index contributed by atoms with van der Waals surface area (Å²) in [5.41, 5.74) is 0.508. The van der Waals surface area contributed by atoms with Gasteiger partial charge in [-0.15, -0.1) is 0 Å². The molecule has 1 rings (SSSR count). The second-order valence-corrected chi connectivity index (χ2v) is 3.70. The van der Waals surface area contributed by atoms with Crippen molar-refractivity contribution in [1.82, 2.24) is 0 Å². The predicted octanol–water partition coefficient (Wildman–Crippen LogP) is 2.64. The van der Waals surface area contributed by atoms with Crippen LogP contribution >= 0.6 is 15.9 Å². The molecule has 0 fully saturated rings. The molecule has 82 valence electrons. The Balaban J connectivity index is 2.62. The molecule has 0 amide bonds. The Kier molecular flexibility index (Phi) is 5.18. The average Bonchev–Trinajstić information content (AvgIpc) is 2.29. The second kappa shape index (κ2) is 6.45. The molecule has 0 aliphatic carbocycles. The van der Waals surface area contributed by atoms with Crippen molar-refractivity contribution in [2.24, 2.45) is 0 Å². The first-order chi connectivity index (χ1) is 7.27. The zero-order valence-electron chi connectivity index (χ0n) is 8.53. The van der Waals surface area contributed by atoms with E-state index in [0.717, 1.165) is 11.8 Å². The van der Waals surface area contributed by atoms with Crippen LogP contribution in [0.25, 0.3) is 0 Å². The van der Waals surface area contributed by atoms with Crippen LogP contribution in [0.5, 0.6) is 5.75 Å². The Labute approximate surface area is 97.5 Å². The van der Waals surface area contributed by atoms with Gasteiger partial charge in [-0.05, 0) is 24.6 Å². The first kappa shape index (κ1) is 12.0. The average molecular weight is 273 g/mol. The van der Waals surface area contributed by atoms with Crippen LogP contribution in [0.4, 0.5) is 0 Å². The van der Waals surface area contributed by atoms with Crippen molar-refractivity contribution in [2.45, 2.75) is 6.42 Å². The van der Waals surface area contributed by atoms with Gasteiger partial charge in [-0.25, -0.2) is 4.79 Å². The minimum Gasteiger partial charge on any atom is -0.494 e. The van der Waals surface area contributed by atoms with E-state index in [1.807, 2.05) is 6.07 Å². The Morgan fingerprint density at radius 1 is 1.47 bits per heavy atom. The fraction of sp³-hybridized carbons (Fsp3) is 0.364. The number of hydrogen-bond donors (Lipinski definition) is 0. The largest absolute Gasteiger partial charge is 0.494 e. The number of carbonyl (C=O) groups is 1. The van der Waals surface area contributed by atoms with Crippen LogP contribution in [0.1, 0.15) is 16.8 Å². The van der Waals surface area contributed by atoms with Gasteiger partial charge in [-0.2, -0.15) is 0 Å². The van der Waals surface area contributed by atoms with Crippen LogP contribution in [-0.4, -0.2) is 25.0 Å². The summed E-state index contributed by atoms with van der Waals surface area (Å²) < 4.78 is 10.1. The molecule has 0 N–H and O–H groups in total. The van der Waals surface area contributed by atoms with Crippen LogP contribution in [0, 0.1) is 0 Å². The molecular weight excluding hydrogens is 260 g/mol. The maximum absolute atomic E-state index is 11.2. The number of carbonyl (C=O) groups excluding carboxylic acids is 1. The summed E-state index contributed by atoms with van der Waals surface area (Å²) in [6.45, 7) is 0.635. The smallest absolute Gasteiger partial charge is 0.337 e. The molecule has 1 aromatic carbocycles. The molecule has 0 radical (unpaired) electrons. The molecule has 0 atom stereocenters. The third-order valence-corrected chi connectivity index (χ3v) is 2.36.